The van der Waals surface area contributed by atoms with Gasteiger partial charge in [0, 0.05) is 6.42 Å². The van der Waals surface area contributed by atoms with Crippen LogP contribution in [0.3, 0.4) is 0 Å². The van der Waals surface area contributed by atoms with Crippen molar-refractivity contribution in [3.8, 4) is 0 Å². The van der Waals surface area contributed by atoms with E-state index in [4.69, 9.17) is 4.74 Å². The van der Waals surface area contributed by atoms with Crippen LogP contribution in [-0.2, 0) is 14.3 Å². The fourth-order valence-electron chi connectivity index (χ4n) is 3.53. The molecule has 0 spiro atoms. The predicted octanol–water partition coefficient (Wildman–Crippen LogP) is 2.97. The Hall–Kier alpha value is -0.860. The first kappa shape index (κ1) is 13.6. The summed E-state index contributed by atoms with van der Waals surface area (Å²) < 4.78 is 5.65. The van der Waals surface area contributed by atoms with Crippen molar-refractivity contribution in [2.75, 3.05) is 0 Å². The van der Waals surface area contributed by atoms with Crippen molar-refractivity contribution < 1.29 is 14.3 Å². The Morgan fingerprint density at radius 3 is 2.50 bits per heavy atom. The van der Waals surface area contributed by atoms with Gasteiger partial charge in [0.1, 0.15) is 11.9 Å². The third kappa shape index (κ3) is 1.55. The summed E-state index contributed by atoms with van der Waals surface area (Å²) in [6, 6.07) is 0. The Kier molecular flexibility index (Phi) is 3.07. The lowest BCUT2D eigenvalue weighted by molar-refractivity contribution is -0.164. The Morgan fingerprint density at radius 1 is 1.44 bits per heavy atom. The average molecular weight is 252 g/mol. The van der Waals surface area contributed by atoms with Crippen molar-refractivity contribution in [3.05, 3.63) is 0 Å². The van der Waals surface area contributed by atoms with Gasteiger partial charge in [0.05, 0.1) is 11.3 Å². The molecule has 2 fully saturated rings. The molecule has 3 nitrogen and oxygen atoms in total. The van der Waals surface area contributed by atoms with Gasteiger partial charge in [-0.1, -0.05) is 27.7 Å². The zero-order valence-corrected chi connectivity index (χ0v) is 12.1. The smallest absolute Gasteiger partial charge is 0.308 e. The lowest BCUT2D eigenvalue weighted by atomic mass is 9.69. The van der Waals surface area contributed by atoms with Crippen LogP contribution in [0, 0.1) is 22.7 Å². The molecule has 2 rings (SSSR count). The normalized spacial score (nSPS) is 38.8. The monoisotopic (exact) mass is 252 g/mol. The Morgan fingerprint density at radius 2 is 2.06 bits per heavy atom. The molecule has 0 radical (unpaired) electrons. The molecule has 0 aromatic carbocycles. The Labute approximate surface area is 109 Å². The van der Waals surface area contributed by atoms with Gasteiger partial charge in [-0.05, 0) is 31.1 Å². The van der Waals surface area contributed by atoms with Crippen LogP contribution in [0.5, 0.6) is 0 Å². The molecule has 0 saturated heterocycles. The van der Waals surface area contributed by atoms with Gasteiger partial charge in [0.25, 0.3) is 0 Å². The molecular weight excluding hydrogens is 228 g/mol. The van der Waals surface area contributed by atoms with Crippen LogP contribution >= 0.6 is 0 Å². The summed E-state index contributed by atoms with van der Waals surface area (Å²) in [4.78, 5) is 24.1. The maximum Gasteiger partial charge on any atom is 0.308 e. The van der Waals surface area contributed by atoms with E-state index in [0.29, 0.717) is 12.3 Å². The van der Waals surface area contributed by atoms with E-state index in [2.05, 4.69) is 13.8 Å². The lowest BCUT2D eigenvalue weighted by Crippen LogP contribution is -2.44. The standard InChI is InChI=1S/C15H24O3/c1-6-9(2)13(17)18-12-8-10-7-11(16)15(12,5)14(10,3)4/h9-10,12H,6-8H2,1-5H3. The van der Waals surface area contributed by atoms with Crippen LogP contribution in [0.4, 0.5) is 0 Å². The molecule has 4 unspecified atom stereocenters. The summed E-state index contributed by atoms with van der Waals surface area (Å²) in [7, 11) is 0. The summed E-state index contributed by atoms with van der Waals surface area (Å²) >= 11 is 0. The molecule has 18 heavy (non-hydrogen) atoms. The van der Waals surface area contributed by atoms with E-state index in [-0.39, 0.29) is 29.2 Å². The molecule has 4 atom stereocenters. The molecule has 0 aromatic heterocycles. The van der Waals surface area contributed by atoms with Crippen LogP contribution in [0.2, 0.25) is 0 Å². The SMILES string of the molecule is CCC(C)C(=O)OC1CC2CC(=O)C1(C)C2(C)C. The van der Waals surface area contributed by atoms with Gasteiger partial charge < -0.3 is 4.74 Å². The van der Waals surface area contributed by atoms with Crippen molar-refractivity contribution in [3.63, 3.8) is 0 Å². The molecule has 2 aliphatic rings. The van der Waals surface area contributed by atoms with Crippen molar-refractivity contribution in [1.29, 1.82) is 0 Å². The fourth-order valence-corrected chi connectivity index (χ4v) is 3.53. The summed E-state index contributed by atoms with van der Waals surface area (Å²) in [6.45, 7) is 10.1. The topological polar surface area (TPSA) is 43.4 Å². The number of fused-ring (bicyclic) bond motifs is 2. The van der Waals surface area contributed by atoms with Gasteiger partial charge in [0.2, 0.25) is 0 Å². The maximum atomic E-state index is 12.2. The molecule has 102 valence electrons. The minimum Gasteiger partial charge on any atom is -0.461 e. The highest BCUT2D eigenvalue weighted by atomic mass is 16.5. The summed E-state index contributed by atoms with van der Waals surface area (Å²) in [5, 5.41) is 0. The second-order valence-electron chi connectivity index (χ2n) is 6.72. The molecular formula is C15H24O3. The van der Waals surface area contributed by atoms with E-state index >= 15 is 0 Å². The van der Waals surface area contributed by atoms with Crippen LogP contribution < -0.4 is 0 Å². The summed E-state index contributed by atoms with van der Waals surface area (Å²) in [5.74, 6) is 0.404. The number of esters is 1. The number of Topliss-reactive ketones (excluding diaryl/α,β-unsaturated/α-hetero) is 1. The minimum absolute atomic E-state index is 0.0511. The fraction of sp³-hybridized carbons (Fsp3) is 0.867. The minimum atomic E-state index is -0.485. The highest BCUT2D eigenvalue weighted by molar-refractivity contribution is 5.90. The first-order chi connectivity index (χ1) is 8.25. The largest absolute Gasteiger partial charge is 0.461 e. The molecule has 0 amide bonds. The number of ether oxygens (including phenoxy) is 1. The number of hydrogen-bond acceptors (Lipinski definition) is 3. The van der Waals surface area contributed by atoms with E-state index in [9.17, 15) is 9.59 Å². The third-order valence-electron chi connectivity index (χ3n) is 5.79. The maximum absolute atomic E-state index is 12.2. The van der Waals surface area contributed by atoms with E-state index in [1.807, 2.05) is 20.8 Å². The van der Waals surface area contributed by atoms with Crippen molar-refractivity contribution in [1.82, 2.24) is 0 Å². The van der Waals surface area contributed by atoms with E-state index < -0.39 is 5.41 Å². The molecule has 2 bridgehead atoms. The molecule has 0 aliphatic heterocycles. The Balaban J connectivity index is 2.18. The third-order valence-corrected chi connectivity index (χ3v) is 5.79. The highest BCUT2D eigenvalue weighted by Gasteiger charge is 2.67. The summed E-state index contributed by atoms with van der Waals surface area (Å²) in [5.41, 5.74) is -0.536. The van der Waals surface area contributed by atoms with Gasteiger partial charge >= 0.3 is 5.97 Å². The van der Waals surface area contributed by atoms with Crippen LogP contribution in [0.1, 0.15) is 53.9 Å². The van der Waals surface area contributed by atoms with E-state index in [0.717, 1.165) is 12.8 Å². The van der Waals surface area contributed by atoms with Crippen molar-refractivity contribution in [2.45, 2.75) is 60.0 Å². The molecule has 0 N–H and O–H groups in total. The van der Waals surface area contributed by atoms with Gasteiger partial charge in [-0.3, -0.25) is 9.59 Å². The molecule has 0 heterocycles. The van der Waals surface area contributed by atoms with E-state index in [1.54, 1.807) is 0 Å². The first-order valence-electron chi connectivity index (χ1n) is 6.99. The van der Waals surface area contributed by atoms with Crippen molar-refractivity contribution in [2.24, 2.45) is 22.7 Å². The number of hydrogen-bond donors (Lipinski definition) is 0. The van der Waals surface area contributed by atoms with Crippen LogP contribution in [-0.4, -0.2) is 17.9 Å². The number of ketones is 1. The number of rotatable bonds is 3. The second kappa shape index (κ2) is 4.07. The second-order valence-corrected chi connectivity index (χ2v) is 6.72. The predicted molar refractivity (Wildman–Crippen MR) is 69.0 cm³/mol. The van der Waals surface area contributed by atoms with Crippen molar-refractivity contribution >= 4 is 11.8 Å². The van der Waals surface area contributed by atoms with Crippen LogP contribution in [0.25, 0.3) is 0 Å². The average Bonchev–Trinajstić information content (AvgIpc) is 2.59. The lowest BCUT2D eigenvalue weighted by Gasteiger charge is -2.37. The number of carbonyl (C=O) groups is 2. The molecule has 3 heteroatoms. The van der Waals surface area contributed by atoms with Gasteiger partial charge in [0.15, 0.2) is 0 Å². The van der Waals surface area contributed by atoms with E-state index in [1.165, 1.54) is 0 Å². The summed E-state index contributed by atoms with van der Waals surface area (Å²) in [6.07, 6.45) is 2.06. The van der Waals surface area contributed by atoms with Crippen LogP contribution in [0.15, 0.2) is 0 Å². The molecule has 0 aromatic rings. The number of carbonyl (C=O) groups excluding carboxylic acids is 2. The van der Waals surface area contributed by atoms with Gasteiger partial charge in [-0.2, -0.15) is 0 Å². The van der Waals surface area contributed by atoms with Gasteiger partial charge in [-0.25, -0.2) is 0 Å². The zero-order valence-electron chi connectivity index (χ0n) is 12.1. The quantitative estimate of drug-likeness (QED) is 0.725. The first-order valence-corrected chi connectivity index (χ1v) is 6.99. The van der Waals surface area contributed by atoms with Gasteiger partial charge in [-0.15, -0.1) is 0 Å². The Bertz CT molecular complexity index is 385. The molecule has 2 saturated carbocycles. The zero-order chi connectivity index (χ0) is 13.7. The highest BCUT2D eigenvalue weighted by Crippen LogP contribution is 2.64. The molecule has 2 aliphatic carbocycles.